The molecule has 0 radical (unpaired) electrons. The van der Waals surface area contributed by atoms with Gasteiger partial charge in [-0.05, 0) is 31.0 Å². The molecule has 7 nitrogen and oxygen atoms in total. The van der Waals surface area contributed by atoms with E-state index in [2.05, 4.69) is 4.72 Å². The van der Waals surface area contributed by atoms with E-state index >= 15 is 0 Å². The predicted octanol–water partition coefficient (Wildman–Crippen LogP) is 1.06. The number of nitrogens with zero attached hydrogens (tertiary/aromatic N) is 1. The summed E-state index contributed by atoms with van der Waals surface area (Å²) in [5, 5.41) is 8.59. The van der Waals surface area contributed by atoms with Gasteiger partial charge in [-0.1, -0.05) is 12.1 Å². The van der Waals surface area contributed by atoms with E-state index < -0.39 is 16.0 Å². The van der Waals surface area contributed by atoms with Crippen LogP contribution in [0.1, 0.15) is 35.7 Å². The SMILES string of the molecule is CCS(=O)(=O)NCc1ccc(C(=O)N(C)CCCC(=O)O)cc1. The molecule has 0 saturated carbocycles. The molecule has 0 heterocycles. The molecule has 23 heavy (non-hydrogen) atoms. The van der Waals surface area contributed by atoms with Gasteiger partial charge in [-0.3, -0.25) is 9.59 Å². The second-order valence-corrected chi connectivity index (χ2v) is 7.24. The average molecular weight is 342 g/mol. The summed E-state index contributed by atoms with van der Waals surface area (Å²) >= 11 is 0. The number of carboxylic acid groups (broad SMARTS) is 1. The van der Waals surface area contributed by atoms with Gasteiger partial charge in [0.15, 0.2) is 0 Å². The van der Waals surface area contributed by atoms with Gasteiger partial charge in [-0.15, -0.1) is 0 Å². The lowest BCUT2D eigenvalue weighted by Crippen LogP contribution is -2.28. The molecule has 8 heteroatoms. The molecule has 0 saturated heterocycles. The molecule has 0 aliphatic carbocycles. The maximum Gasteiger partial charge on any atom is 0.303 e. The average Bonchev–Trinajstić information content (AvgIpc) is 2.52. The van der Waals surface area contributed by atoms with Crippen LogP contribution in [0.2, 0.25) is 0 Å². The van der Waals surface area contributed by atoms with Crippen LogP contribution in [0.3, 0.4) is 0 Å². The van der Waals surface area contributed by atoms with Crippen molar-refractivity contribution in [1.29, 1.82) is 0 Å². The second-order valence-electron chi connectivity index (χ2n) is 5.15. The van der Waals surface area contributed by atoms with E-state index in [4.69, 9.17) is 5.11 Å². The fourth-order valence-corrected chi connectivity index (χ4v) is 2.44. The van der Waals surface area contributed by atoms with E-state index in [0.29, 0.717) is 18.5 Å². The minimum Gasteiger partial charge on any atom is -0.481 e. The number of hydrogen-bond donors (Lipinski definition) is 2. The minimum absolute atomic E-state index is 0.0186. The van der Waals surface area contributed by atoms with Crippen LogP contribution in [-0.4, -0.2) is 49.6 Å². The fraction of sp³-hybridized carbons (Fsp3) is 0.467. The van der Waals surface area contributed by atoms with Crippen LogP contribution in [0.25, 0.3) is 0 Å². The van der Waals surface area contributed by atoms with E-state index in [1.54, 1.807) is 38.2 Å². The van der Waals surface area contributed by atoms with E-state index in [-0.39, 0.29) is 24.6 Å². The number of hydrogen-bond acceptors (Lipinski definition) is 4. The minimum atomic E-state index is -3.25. The van der Waals surface area contributed by atoms with Crippen molar-refractivity contribution in [3.05, 3.63) is 35.4 Å². The van der Waals surface area contributed by atoms with Crippen molar-refractivity contribution < 1.29 is 23.1 Å². The van der Waals surface area contributed by atoms with Gasteiger partial charge in [0.2, 0.25) is 10.0 Å². The van der Waals surface area contributed by atoms with Crippen LogP contribution >= 0.6 is 0 Å². The molecule has 0 fully saturated rings. The van der Waals surface area contributed by atoms with Gasteiger partial charge >= 0.3 is 5.97 Å². The fourth-order valence-electron chi connectivity index (χ4n) is 1.85. The van der Waals surface area contributed by atoms with Gasteiger partial charge in [-0.2, -0.15) is 0 Å². The van der Waals surface area contributed by atoms with Crippen molar-refractivity contribution in [1.82, 2.24) is 9.62 Å². The van der Waals surface area contributed by atoms with Crippen LogP contribution in [0.5, 0.6) is 0 Å². The van der Waals surface area contributed by atoms with Crippen molar-refractivity contribution >= 4 is 21.9 Å². The molecule has 0 bridgehead atoms. The lowest BCUT2D eigenvalue weighted by molar-refractivity contribution is -0.137. The summed E-state index contributed by atoms with van der Waals surface area (Å²) in [6.45, 7) is 2.10. The normalized spacial score (nSPS) is 11.2. The molecule has 1 rings (SSSR count). The van der Waals surface area contributed by atoms with Crippen LogP contribution in [-0.2, 0) is 21.4 Å². The molecule has 0 aliphatic rings. The standard InChI is InChI=1S/C15H22N2O5S/c1-3-23(21,22)16-11-12-6-8-13(9-7-12)15(20)17(2)10-4-5-14(18)19/h6-9,16H,3-5,10-11H2,1-2H3,(H,18,19). The number of carbonyl (C=O) groups is 2. The number of carbonyl (C=O) groups excluding carboxylic acids is 1. The van der Waals surface area contributed by atoms with Crippen molar-refractivity contribution in [2.75, 3.05) is 19.3 Å². The molecular weight excluding hydrogens is 320 g/mol. The van der Waals surface area contributed by atoms with Crippen LogP contribution in [0, 0.1) is 0 Å². The van der Waals surface area contributed by atoms with Crippen LogP contribution in [0.15, 0.2) is 24.3 Å². The van der Waals surface area contributed by atoms with E-state index in [9.17, 15) is 18.0 Å². The summed E-state index contributed by atoms with van der Waals surface area (Å²) < 4.78 is 25.2. The van der Waals surface area contributed by atoms with E-state index in [1.165, 1.54) is 4.90 Å². The highest BCUT2D eigenvalue weighted by molar-refractivity contribution is 7.89. The summed E-state index contributed by atoms with van der Waals surface area (Å²) in [4.78, 5) is 24.1. The van der Waals surface area contributed by atoms with Gasteiger partial charge in [0.05, 0.1) is 5.75 Å². The Morgan fingerprint density at radius 3 is 2.35 bits per heavy atom. The summed E-state index contributed by atoms with van der Waals surface area (Å²) in [5.74, 6) is -1.06. The number of carboxylic acids is 1. The quantitative estimate of drug-likeness (QED) is 0.698. The molecule has 0 aromatic heterocycles. The maximum atomic E-state index is 12.2. The topological polar surface area (TPSA) is 104 Å². The van der Waals surface area contributed by atoms with Crippen molar-refractivity contribution in [2.24, 2.45) is 0 Å². The lowest BCUT2D eigenvalue weighted by Gasteiger charge is -2.16. The molecule has 0 spiro atoms. The highest BCUT2D eigenvalue weighted by atomic mass is 32.2. The third-order valence-electron chi connectivity index (χ3n) is 3.31. The van der Waals surface area contributed by atoms with Crippen molar-refractivity contribution in [3.8, 4) is 0 Å². The van der Waals surface area contributed by atoms with Crippen molar-refractivity contribution in [3.63, 3.8) is 0 Å². The number of aliphatic carboxylic acids is 1. The van der Waals surface area contributed by atoms with Gasteiger partial charge in [0.25, 0.3) is 5.91 Å². The molecular formula is C15H22N2O5S. The molecule has 0 atom stereocenters. The van der Waals surface area contributed by atoms with E-state index in [0.717, 1.165) is 5.56 Å². The number of amides is 1. The Morgan fingerprint density at radius 2 is 1.83 bits per heavy atom. The highest BCUT2D eigenvalue weighted by Gasteiger charge is 2.12. The summed E-state index contributed by atoms with van der Waals surface area (Å²) in [6, 6.07) is 6.64. The zero-order chi connectivity index (χ0) is 17.5. The summed E-state index contributed by atoms with van der Waals surface area (Å²) in [7, 11) is -1.63. The van der Waals surface area contributed by atoms with Gasteiger partial charge < -0.3 is 10.0 Å². The second kappa shape index (κ2) is 8.64. The highest BCUT2D eigenvalue weighted by Crippen LogP contribution is 2.08. The molecule has 1 aromatic rings. The third-order valence-corrected chi connectivity index (χ3v) is 4.65. The monoisotopic (exact) mass is 342 g/mol. The first-order chi connectivity index (χ1) is 10.7. The molecule has 0 aliphatic heterocycles. The maximum absolute atomic E-state index is 12.2. The molecule has 2 N–H and O–H groups in total. The number of rotatable bonds is 9. The molecule has 0 unspecified atom stereocenters. The summed E-state index contributed by atoms with van der Waals surface area (Å²) in [5.41, 5.74) is 1.23. The first-order valence-corrected chi connectivity index (χ1v) is 8.94. The Hall–Kier alpha value is -1.93. The number of sulfonamides is 1. The Bertz CT molecular complexity index is 640. The van der Waals surface area contributed by atoms with E-state index in [1.807, 2.05) is 0 Å². The summed E-state index contributed by atoms with van der Waals surface area (Å²) in [6.07, 6.45) is 0.419. The third kappa shape index (κ3) is 6.79. The smallest absolute Gasteiger partial charge is 0.303 e. The largest absolute Gasteiger partial charge is 0.481 e. The van der Waals surface area contributed by atoms with Crippen molar-refractivity contribution in [2.45, 2.75) is 26.3 Å². The number of nitrogens with one attached hydrogen (secondary N) is 1. The first kappa shape index (κ1) is 19.1. The van der Waals surface area contributed by atoms with Gasteiger partial charge in [-0.25, -0.2) is 13.1 Å². The van der Waals surface area contributed by atoms with Crippen LogP contribution < -0.4 is 4.72 Å². The molecule has 128 valence electrons. The Balaban J connectivity index is 2.58. The molecule has 1 amide bonds. The van der Waals surface area contributed by atoms with Gasteiger partial charge in [0, 0.05) is 32.1 Å². The Labute approximate surface area is 136 Å². The zero-order valence-electron chi connectivity index (χ0n) is 13.3. The Kier molecular flexibility index (Phi) is 7.18. The first-order valence-electron chi connectivity index (χ1n) is 7.28. The zero-order valence-corrected chi connectivity index (χ0v) is 14.1. The lowest BCUT2D eigenvalue weighted by atomic mass is 10.1. The molecule has 1 aromatic carbocycles. The van der Waals surface area contributed by atoms with Crippen LogP contribution in [0.4, 0.5) is 0 Å². The Morgan fingerprint density at radius 1 is 1.22 bits per heavy atom. The van der Waals surface area contributed by atoms with Gasteiger partial charge in [0.1, 0.15) is 0 Å². The number of benzene rings is 1. The predicted molar refractivity (Wildman–Crippen MR) is 86.6 cm³/mol.